The molecule has 1 aromatic rings. The zero-order valence-electron chi connectivity index (χ0n) is 10.5. The molecule has 1 rings (SSSR count). The first-order valence-corrected chi connectivity index (χ1v) is 7.05. The Balaban J connectivity index is 2.98. The Hall–Kier alpha value is -1.25. The number of nitrogens with one attached hydrogen (secondary N) is 1. The van der Waals surface area contributed by atoms with Gasteiger partial charge < -0.3 is 10.8 Å². The molecule has 0 bridgehead atoms. The summed E-state index contributed by atoms with van der Waals surface area (Å²) in [5.41, 5.74) is 4.74. The van der Waals surface area contributed by atoms with E-state index < -0.39 is 38.3 Å². The van der Waals surface area contributed by atoms with Gasteiger partial charge in [-0.25, -0.2) is 21.9 Å². The van der Waals surface area contributed by atoms with E-state index in [4.69, 9.17) is 5.73 Å². The van der Waals surface area contributed by atoms with Gasteiger partial charge in [-0.05, 0) is 12.0 Å². The van der Waals surface area contributed by atoms with Crippen LogP contribution in [0.3, 0.4) is 0 Å². The molecule has 0 heterocycles. The predicted octanol–water partition coefficient (Wildman–Crippen LogP) is 0.842. The highest BCUT2D eigenvalue weighted by atomic mass is 32.2. The number of aliphatic hydroxyl groups excluding tert-OH is 1. The number of sulfonamides is 1. The number of benzene rings is 1. The molecule has 1 aromatic carbocycles. The minimum absolute atomic E-state index is 0.161. The Morgan fingerprint density at radius 1 is 1.32 bits per heavy atom. The smallest absolute Gasteiger partial charge is 0.243 e. The molecule has 4 N–H and O–H groups in total. The molecular weight excluding hydrogens is 278 g/mol. The molecule has 1 atom stereocenters. The molecule has 0 radical (unpaired) electrons. The normalized spacial score (nSPS) is 13.8. The lowest BCUT2D eigenvalue weighted by atomic mass is 10.1. The minimum Gasteiger partial charge on any atom is -0.396 e. The third-order valence-electron chi connectivity index (χ3n) is 2.59. The van der Waals surface area contributed by atoms with Crippen LogP contribution in [0, 0.1) is 17.6 Å². The second-order valence-electron chi connectivity index (χ2n) is 4.47. The Labute approximate surface area is 110 Å². The van der Waals surface area contributed by atoms with Crippen LogP contribution in [0.4, 0.5) is 14.5 Å². The molecule has 108 valence electrons. The number of halogens is 2. The van der Waals surface area contributed by atoms with Gasteiger partial charge in [-0.3, -0.25) is 0 Å². The van der Waals surface area contributed by atoms with E-state index in [9.17, 15) is 22.3 Å². The van der Waals surface area contributed by atoms with Crippen molar-refractivity contribution < 1.29 is 22.3 Å². The summed E-state index contributed by atoms with van der Waals surface area (Å²) in [4.78, 5) is -0.748. The van der Waals surface area contributed by atoms with Crippen LogP contribution in [-0.4, -0.2) is 26.2 Å². The number of nitrogens with two attached hydrogens (primary N) is 1. The van der Waals surface area contributed by atoms with E-state index in [0.717, 1.165) is 0 Å². The van der Waals surface area contributed by atoms with Crippen molar-refractivity contribution >= 4 is 15.7 Å². The van der Waals surface area contributed by atoms with Crippen LogP contribution in [0.25, 0.3) is 0 Å². The van der Waals surface area contributed by atoms with Crippen LogP contribution in [-0.2, 0) is 10.0 Å². The van der Waals surface area contributed by atoms with Gasteiger partial charge in [0.2, 0.25) is 10.0 Å². The number of rotatable bonds is 5. The van der Waals surface area contributed by atoms with Gasteiger partial charge in [-0.15, -0.1) is 0 Å². The molecule has 8 heteroatoms. The summed E-state index contributed by atoms with van der Waals surface area (Å²) in [6.07, 6.45) is -0.907. The molecule has 0 saturated heterocycles. The van der Waals surface area contributed by atoms with E-state index in [2.05, 4.69) is 0 Å². The molecule has 1 unspecified atom stereocenters. The number of nitrogen functional groups attached to an aromatic ring is 1. The van der Waals surface area contributed by atoms with Crippen LogP contribution < -0.4 is 10.5 Å². The summed E-state index contributed by atoms with van der Waals surface area (Å²) < 4.78 is 52.0. The Bertz CT molecular complexity index is 561. The zero-order valence-corrected chi connectivity index (χ0v) is 11.3. The van der Waals surface area contributed by atoms with E-state index in [1.807, 2.05) is 4.72 Å². The Morgan fingerprint density at radius 2 is 1.89 bits per heavy atom. The molecule has 0 saturated carbocycles. The highest BCUT2D eigenvalue weighted by Gasteiger charge is 2.22. The van der Waals surface area contributed by atoms with Crippen LogP contribution in [0.5, 0.6) is 0 Å². The lowest BCUT2D eigenvalue weighted by molar-refractivity contribution is 0.129. The molecule has 19 heavy (non-hydrogen) atoms. The van der Waals surface area contributed by atoms with Crippen molar-refractivity contribution in [2.75, 3.05) is 12.3 Å². The summed E-state index contributed by atoms with van der Waals surface area (Å²) >= 11 is 0. The largest absolute Gasteiger partial charge is 0.396 e. The molecule has 0 aliphatic carbocycles. The Kier molecular flexibility index (Phi) is 4.83. The molecule has 0 spiro atoms. The van der Waals surface area contributed by atoms with Crippen LogP contribution in [0.15, 0.2) is 17.0 Å². The second-order valence-corrected chi connectivity index (χ2v) is 6.20. The van der Waals surface area contributed by atoms with Crippen LogP contribution >= 0.6 is 0 Å². The quantitative estimate of drug-likeness (QED) is 0.702. The molecule has 0 aliphatic rings. The van der Waals surface area contributed by atoms with Gasteiger partial charge in [0.15, 0.2) is 0 Å². The summed E-state index contributed by atoms with van der Waals surface area (Å²) in [7, 11) is -4.19. The van der Waals surface area contributed by atoms with E-state index in [1.165, 1.54) is 0 Å². The number of aliphatic hydroxyl groups is 1. The lowest BCUT2D eigenvalue weighted by Gasteiger charge is -2.15. The van der Waals surface area contributed by atoms with Crippen molar-refractivity contribution in [1.82, 2.24) is 4.72 Å². The second kappa shape index (κ2) is 5.81. The fourth-order valence-corrected chi connectivity index (χ4v) is 2.40. The third kappa shape index (κ3) is 3.85. The SMILES string of the molecule is CC(C)C(O)CNS(=O)(=O)c1cc(N)c(F)cc1F. The van der Waals surface area contributed by atoms with Crippen LogP contribution in [0.2, 0.25) is 0 Å². The summed E-state index contributed by atoms with van der Waals surface area (Å²) in [6, 6.07) is 1.11. The van der Waals surface area contributed by atoms with Crippen molar-refractivity contribution in [2.24, 2.45) is 5.92 Å². The maximum absolute atomic E-state index is 13.4. The summed E-state index contributed by atoms with van der Waals surface area (Å²) in [6.45, 7) is 3.14. The van der Waals surface area contributed by atoms with Crippen molar-refractivity contribution in [1.29, 1.82) is 0 Å². The van der Waals surface area contributed by atoms with Gasteiger partial charge >= 0.3 is 0 Å². The standard InChI is InChI=1S/C11H16F2N2O3S/c1-6(2)10(16)5-15-19(17,18)11-4-9(14)7(12)3-8(11)13/h3-4,6,10,15-16H,5,14H2,1-2H3. The topological polar surface area (TPSA) is 92.4 Å². The van der Waals surface area contributed by atoms with E-state index in [0.29, 0.717) is 12.1 Å². The minimum atomic E-state index is -4.19. The van der Waals surface area contributed by atoms with Gasteiger partial charge in [-0.2, -0.15) is 0 Å². The van der Waals surface area contributed by atoms with Gasteiger partial charge in [0.1, 0.15) is 16.5 Å². The maximum atomic E-state index is 13.4. The average Bonchev–Trinajstić information content (AvgIpc) is 2.30. The highest BCUT2D eigenvalue weighted by molar-refractivity contribution is 7.89. The monoisotopic (exact) mass is 294 g/mol. The maximum Gasteiger partial charge on any atom is 0.243 e. The Morgan fingerprint density at radius 3 is 2.42 bits per heavy atom. The molecule has 0 amide bonds. The number of anilines is 1. The zero-order chi connectivity index (χ0) is 14.8. The number of hydrogen-bond donors (Lipinski definition) is 3. The first kappa shape index (κ1) is 15.8. The first-order valence-electron chi connectivity index (χ1n) is 5.57. The van der Waals surface area contributed by atoms with Crippen LogP contribution in [0.1, 0.15) is 13.8 Å². The van der Waals surface area contributed by atoms with Gasteiger partial charge in [0, 0.05) is 12.6 Å². The first-order chi connectivity index (χ1) is 8.65. The van der Waals surface area contributed by atoms with E-state index in [1.54, 1.807) is 13.8 Å². The van der Waals surface area contributed by atoms with Crippen molar-refractivity contribution in [3.63, 3.8) is 0 Å². The molecule has 5 nitrogen and oxygen atoms in total. The fraction of sp³-hybridized carbons (Fsp3) is 0.455. The van der Waals surface area contributed by atoms with Crippen molar-refractivity contribution in [3.05, 3.63) is 23.8 Å². The fourth-order valence-electron chi connectivity index (χ4n) is 1.26. The van der Waals surface area contributed by atoms with Gasteiger partial charge in [0.05, 0.1) is 11.8 Å². The van der Waals surface area contributed by atoms with Gasteiger partial charge in [0.25, 0.3) is 0 Å². The highest BCUT2D eigenvalue weighted by Crippen LogP contribution is 2.20. The molecule has 0 aromatic heterocycles. The molecular formula is C11H16F2N2O3S. The van der Waals surface area contributed by atoms with E-state index in [-0.39, 0.29) is 12.5 Å². The van der Waals surface area contributed by atoms with E-state index >= 15 is 0 Å². The van der Waals surface area contributed by atoms with Crippen molar-refractivity contribution in [2.45, 2.75) is 24.8 Å². The average molecular weight is 294 g/mol. The lowest BCUT2D eigenvalue weighted by Crippen LogP contribution is -2.35. The van der Waals surface area contributed by atoms with Crippen molar-refractivity contribution in [3.8, 4) is 0 Å². The molecule has 0 fully saturated rings. The predicted molar refractivity (Wildman–Crippen MR) is 66.8 cm³/mol. The summed E-state index contributed by atoms with van der Waals surface area (Å²) in [5, 5.41) is 9.50. The number of hydrogen-bond acceptors (Lipinski definition) is 4. The third-order valence-corrected chi connectivity index (χ3v) is 4.03. The van der Waals surface area contributed by atoms with Gasteiger partial charge in [-0.1, -0.05) is 13.8 Å². The summed E-state index contributed by atoms with van der Waals surface area (Å²) in [5.74, 6) is -2.43. The molecule has 0 aliphatic heterocycles.